The van der Waals surface area contributed by atoms with Crippen molar-refractivity contribution in [3.8, 4) is 39.1 Å². The molecule has 0 fully saturated rings. The number of hydrogen-bond acceptors (Lipinski definition) is 1. The Hall–Kier alpha value is -7.42. The van der Waals surface area contributed by atoms with Crippen LogP contribution in [0.15, 0.2) is 218 Å². The molecule has 10 aromatic rings. The SMILES string of the molecule is c1ccc(-c2ccc3c4ccccc4n(-c4ccccc4)c3c2N(c2ccccc2)c2ccc3c(c2)C2(c4ccccc4-c4ccccc42)c2ccccc2-3)cc1. The lowest BCUT2D eigenvalue weighted by Crippen LogP contribution is -2.26. The third kappa shape index (κ3) is 4.41. The molecule has 0 N–H and O–H groups in total. The molecule has 1 spiro atoms. The molecular weight excluding hydrogens is 689 g/mol. The number of nitrogens with zero attached hydrogens (tertiary/aromatic N) is 2. The predicted octanol–water partition coefficient (Wildman–Crippen LogP) is 14.3. The Bertz CT molecular complexity index is 3110. The van der Waals surface area contributed by atoms with Crippen molar-refractivity contribution in [3.63, 3.8) is 0 Å². The Labute approximate surface area is 332 Å². The summed E-state index contributed by atoms with van der Waals surface area (Å²) in [4.78, 5) is 2.52. The van der Waals surface area contributed by atoms with E-state index < -0.39 is 5.41 Å². The van der Waals surface area contributed by atoms with Crippen LogP contribution in [-0.4, -0.2) is 4.57 Å². The second kappa shape index (κ2) is 12.3. The maximum Gasteiger partial charge on any atom is 0.0788 e. The predicted molar refractivity (Wildman–Crippen MR) is 237 cm³/mol. The molecule has 9 aromatic carbocycles. The van der Waals surface area contributed by atoms with Gasteiger partial charge in [-0.15, -0.1) is 0 Å². The highest BCUT2D eigenvalue weighted by Crippen LogP contribution is 2.63. The fourth-order valence-corrected chi connectivity index (χ4v) is 10.2. The molecule has 0 radical (unpaired) electrons. The van der Waals surface area contributed by atoms with E-state index in [1.165, 1.54) is 77.4 Å². The van der Waals surface area contributed by atoms with E-state index >= 15 is 0 Å². The molecule has 266 valence electrons. The Morgan fingerprint density at radius 2 is 0.860 bits per heavy atom. The van der Waals surface area contributed by atoms with Crippen LogP contribution in [0.1, 0.15) is 22.3 Å². The third-order valence-electron chi connectivity index (χ3n) is 12.4. The zero-order valence-electron chi connectivity index (χ0n) is 31.2. The zero-order chi connectivity index (χ0) is 37.5. The van der Waals surface area contributed by atoms with E-state index in [4.69, 9.17) is 0 Å². The second-order valence-corrected chi connectivity index (χ2v) is 15.2. The molecule has 0 saturated heterocycles. The summed E-state index contributed by atoms with van der Waals surface area (Å²) in [6.07, 6.45) is 0. The molecule has 2 nitrogen and oxygen atoms in total. The molecule has 2 aliphatic carbocycles. The monoisotopic (exact) mass is 724 g/mol. The standard InChI is InChI=1S/C55H36N2/c1-4-18-37(19-5-1)41-34-35-47-46-27-13-17-31-52(46)57(39-22-8-3-9-23-39)54(47)53(41)56(38-20-6-2-7-21-38)40-32-33-45-44-26-12-16-30-50(44)55(51(45)36-40)48-28-14-10-24-42(48)43-25-11-15-29-49(43)55/h1-36H. The molecule has 0 bridgehead atoms. The van der Waals surface area contributed by atoms with Crippen LogP contribution in [0.4, 0.5) is 17.1 Å². The zero-order valence-corrected chi connectivity index (χ0v) is 31.2. The van der Waals surface area contributed by atoms with E-state index in [1.807, 2.05) is 0 Å². The molecule has 2 heteroatoms. The lowest BCUT2D eigenvalue weighted by atomic mass is 9.70. The van der Waals surface area contributed by atoms with Crippen LogP contribution in [0.3, 0.4) is 0 Å². The highest BCUT2D eigenvalue weighted by molar-refractivity contribution is 6.17. The van der Waals surface area contributed by atoms with Crippen molar-refractivity contribution in [3.05, 3.63) is 241 Å². The van der Waals surface area contributed by atoms with Crippen molar-refractivity contribution in [2.24, 2.45) is 0 Å². The molecule has 57 heavy (non-hydrogen) atoms. The van der Waals surface area contributed by atoms with Gasteiger partial charge in [0, 0.05) is 33.4 Å². The van der Waals surface area contributed by atoms with Gasteiger partial charge in [-0.2, -0.15) is 0 Å². The summed E-state index contributed by atoms with van der Waals surface area (Å²) < 4.78 is 2.47. The maximum absolute atomic E-state index is 2.52. The average Bonchev–Trinajstić information content (AvgIpc) is 3.89. The first-order valence-electron chi connectivity index (χ1n) is 19.8. The molecule has 1 heterocycles. The minimum Gasteiger partial charge on any atom is -0.308 e. The fourth-order valence-electron chi connectivity index (χ4n) is 10.2. The van der Waals surface area contributed by atoms with E-state index in [9.17, 15) is 0 Å². The molecule has 0 amide bonds. The van der Waals surface area contributed by atoms with Gasteiger partial charge >= 0.3 is 0 Å². The van der Waals surface area contributed by atoms with Gasteiger partial charge in [0.25, 0.3) is 0 Å². The van der Waals surface area contributed by atoms with Gasteiger partial charge in [0.15, 0.2) is 0 Å². The van der Waals surface area contributed by atoms with E-state index in [0.717, 1.165) is 22.7 Å². The summed E-state index contributed by atoms with van der Waals surface area (Å²) in [6.45, 7) is 0. The van der Waals surface area contributed by atoms with Gasteiger partial charge < -0.3 is 9.47 Å². The van der Waals surface area contributed by atoms with Crippen molar-refractivity contribution in [2.75, 3.05) is 4.90 Å². The number of rotatable bonds is 5. The van der Waals surface area contributed by atoms with Crippen LogP contribution < -0.4 is 4.90 Å². The Kier molecular flexibility index (Phi) is 6.88. The van der Waals surface area contributed by atoms with E-state index in [2.05, 4.69) is 228 Å². The molecule has 0 saturated carbocycles. The Morgan fingerprint density at radius 3 is 1.51 bits per heavy atom. The van der Waals surface area contributed by atoms with Gasteiger partial charge in [0.1, 0.15) is 0 Å². The van der Waals surface area contributed by atoms with Gasteiger partial charge in [-0.1, -0.05) is 176 Å². The van der Waals surface area contributed by atoms with Crippen molar-refractivity contribution < 1.29 is 0 Å². The lowest BCUT2D eigenvalue weighted by Gasteiger charge is -2.33. The lowest BCUT2D eigenvalue weighted by molar-refractivity contribution is 0.793. The van der Waals surface area contributed by atoms with Crippen LogP contribution in [-0.2, 0) is 5.41 Å². The van der Waals surface area contributed by atoms with Crippen molar-refractivity contribution in [1.29, 1.82) is 0 Å². The molecular formula is C55H36N2. The highest BCUT2D eigenvalue weighted by atomic mass is 15.2. The van der Waals surface area contributed by atoms with Gasteiger partial charge in [-0.05, 0) is 92.5 Å². The summed E-state index contributed by atoms with van der Waals surface area (Å²) in [5, 5.41) is 2.45. The van der Waals surface area contributed by atoms with Gasteiger partial charge in [-0.3, -0.25) is 0 Å². The van der Waals surface area contributed by atoms with Crippen molar-refractivity contribution in [1.82, 2.24) is 4.57 Å². The number of hydrogen-bond donors (Lipinski definition) is 0. The van der Waals surface area contributed by atoms with Gasteiger partial charge in [0.2, 0.25) is 0 Å². The van der Waals surface area contributed by atoms with Crippen molar-refractivity contribution >= 4 is 38.9 Å². The van der Waals surface area contributed by atoms with Crippen LogP contribution in [0, 0.1) is 0 Å². The highest BCUT2D eigenvalue weighted by Gasteiger charge is 2.51. The first kappa shape index (κ1) is 31.9. The first-order valence-corrected chi connectivity index (χ1v) is 19.8. The van der Waals surface area contributed by atoms with Gasteiger partial charge in [0.05, 0.1) is 22.1 Å². The third-order valence-corrected chi connectivity index (χ3v) is 12.4. The average molecular weight is 725 g/mol. The molecule has 0 atom stereocenters. The summed E-state index contributed by atoms with van der Waals surface area (Å²) in [7, 11) is 0. The summed E-state index contributed by atoms with van der Waals surface area (Å²) >= 11 is 0. The topological polar surface area (TPSA) is 8.17 Å². The quantitative estimate of drug-likeness (QED) is 0.172. The largest absolute Gasteiger partial charge is 0.308 e. The van der Waals surface area contributed by atoms with Crippen molar-refractivity contribution in [2.45, 2.75) is 5.41 Å². The molecule has 0 aliphatic heterocycles. The minimum atomic E-state index is -0.454. The molecule has 12 rings (SSSR count). The minimum absolute atomic E-state index is 0.454. The van der Waals surface area contributed by atoms with Crippen LogP contribution in [0.25, 0.3) is 60.9 Å². The Balaban J connectivity index is 1.23. The summed E-state index contributed by atoms with van der Waals surface area (Å²) in [5.41, 5.74) is 19.3. The Morgan fingerprint density at radius 1 is 0.351 bits per heavy atom. The summed E-state index contributed by atoms with van der Waals surface area (Å²) in [5.74, 6) is 0. The molecule has 2 aliphatic rings. The first-order chi connectivity index (χ1) is 28.3. The number of para-hydroxylation sites is 3. The van der Waals surface area contributed by atoms with E-state index in [1.54, 1.807) is 0 Å². The maximum atomic E-state index is 2.52. The van der Waals surface area contributed by atoms with Gasteiger partial charge in [-0.25, -0.2) is 0 Å². The van der Waals surface area contributed by atoms with E-state index in [0.29, 0.717) is 0 Å². The van der Waals surface area contributed by atoms with Crippen LogP contribution in [0.2, 0.25) is 0 Å². The number of fused-ring (bicyclic) bond motifs is 13. The number of benzene rings is 9. The number of aromatic nitrogens is 1. The molecule has 1 aromatic heterocycles. The smallest absolute Gasteiger partial charge is 0.0788 e. The van der Waals surface area contributed by atoms with Crippen LogP contribution in [0.5, 0.6) is 0 Å². The summed E-state index contributed by atoms with van der Waals surface area (Å²) in [6, 6.07) is 80.5. The molecule has 0 unspecified atom stereocenters. The fraction of sp³-hybridized carbons (Fsp3) is 0.0182. The number of anilines is 3. The van der Waals surface area contributed by atoms with Crippen LogP contribution >= 0.6 is 0 Å². The van der Waals surface area contributed by atoms with E-state index in [-0.39, 0.29) is 0 Å². The normalized spacial score (nSPS) is 13.1. The second-order valence-electron chi connectivity index (χ2n) is 15.2.